The van der Waals surface area contributed by atoms with Crippen molar-refractivity contribution in [2.75, 3.05) is 6.54 Å². The molecule has 2 atom stereocenters. The normalized spacial score (nSPS) is 25.9. The lowest BCUT2D eigenvalue weighted by molar-refractivity contribution is 0.535. The van der Waals surface area contributed by atoms with Gasteiger partial charge in [-0.25, -0.2) is 13.8 Å². The molecule has 1 aliphatic rings. The predicted octanol–water partition coefficient (Wildman–Crippen LogP) is 1.18. The van der Waals surface area contributed by atoms with Crippen molar-refractivity contribution in [1.82, 2.24) is 10.9 Å². The summed E-state index contributed by atoms with van der Waals surface area (Å²) in [6.07, 6.45) is 0. The van der Waals surface area contributed by atoms with Gasteiger partial charge in [0.25, 0.3) is 0 Å². The average molecular weight is 261 g/mol. The Labute approximate surface area is 99.9 Å². The molecule has 1 aromatic carbocycles. The summed E-state index contributed by atoms with van der Waals surface area (Å²) in [6, 6.07) is 6.23. The Hall–Kier alpha value is -0.620. The second kappa shape index (κ2) is 4.33. The van der Waals surface area contributed by atoms with Crippen LogP contribution in [0.3, 0.4) is 0 Å². The highest BCUT2D eigenvalue weighted by molar-refractivity contribution is 7.92. The number of hydrogen-bond acceptors (Lipinski definition) is 4. The van der Waals surface area contributed by atoms with Crippen molar-refractivity contribution in [2.24, 2.45) is 5.92 Å². The van der Waals surface area contributed by atoms with Crippen molar-refractivity contribution in [2.45, 2.75) is 17.2 Å². The third-order valence-electron chi connectivity index (χ3n) is 2.66. The van der Waals surface area contributed by atoms with Gasteiger partial charge in [-0.2, -0.15) is 0 Å². The maximum atomic E-state index is 12.2. The van der Waals surface area contributed by atoms with Crippen molar-refractivity contribution >= 4 is 21.4 Å². The van der Waals surface area contributed by atoms with Gasteiger partial charge in [0.15, 0.2) is 9.84 Å². The first kappa shape index (κ1) is 11.9. The lowest BCUT2D eigenvalue weighted by Gasteiger charge is -2.15. The fourth-order valence-corrected chi connectivity index (χ4v) is 3.61. The molecule has 0 aromatic heterocycles. The van der Waals surface area contributed by atoms with E-state index in [0.29, 0.717) is 16.5 Å². The van der Waals surface area contributed by atoms with E-state index in [1.54, 1.807) is 12.1 Å². The van der Waals surface area contributed by atoms with Crippen LogP contribution in [0.25, 0.3) is 0 Å². The van der Waals surface area contributed by atoms with E-state index < -0.39 is 15.2 Å². The van der Waals surface area contributed by atoms with Gasteiger partial charge in [0.2, 0.25) is 0 Å². The zero-order valence-corrected chi connectivity index (χ0v) is 10.3. The molecule has 1 aliphatic heterocycles. The minimum Gasteiger partial charge on any atom is -0.256 e. The molecule has 1 fully saturated rings. The molecule has 4 nitrogen and oxygen atoms in total. The van der Waals surface area contributed by atoms with Gasteiger partial charge in [-0.05, 0) is 24.3 Å². The van der Waals surface area contributed by atoms with E-state index in [2.05, 4.69) is 10.9 Å². The standard InChI is InChI=1S/C10H13ClN2O2S/c1-7-6-12-13-10(7)16(14,15)9-4-2-8(11)3-5-9/h2-5,7,10,12-13H,6H2,1H3. The van der Waals surface area contributed by atoms with Crippen LogP contribution in [0.15, 0.2) is 29.2 Å². The molecule has 2 rings (SSSR count). The monoisotopic (exact) mass is 260 g/mol. The van der Waals surface area contributed by atoms with Gasteiger partial charge in [-0.15, -0.1) is 0 Å². The van der Waals surface area contributed by atoms with E-state index in [4.69, 9.17) is 11.6 Å². The first-order valence-electron chi connectivity index (χ1n) is 4.99. The van der Waals surface area contributed by atoms with Crippen LogP contribution in [0.2, 0.25) is 5.02 Å². The maximum Gasteiger partial charge on any atom is 0.195 e. The fourth-order valence-electron chi connectivity index (χ4n) is 1.72. The molecule has 88 valence electrons. The van der Waals surface area contributed by atoms with Crippen molar-refractivity contribution < 1.29 is 8.42 Å². The Bertz CT molecular complexity index is 472. The lowest BCUT2D eigenvalue weighted by Crippen LogP contribution is -2.38. The third-order valence-corrected chi connectivity index (χ3v) is 5.09. The second-order valence-corrected chi connectivity index (χ2v) is 6.43. The zero-order valence-electron chi connectivity index (χ0n) is 8.77. The van der Waals surface area contributed by atoms with Gasteiger partial charge < -0.3 is 0 Å². The second-order valence-electron chi connectivity index (χ2n) is 3.92. The van der Waals surface area contributed by atoms with E-state index in [0.717, 1.165) is 0 Å². The zero-order chi connectivity index (χ0) is 11.8. The molecule has 0 bridgehead atoms. The first-order chi connectivity index (χ1) is 7.51. The molecule has 2 unspecified atom stereocenters. The summed E-state index contributed by atoms with van der Waals surface area (Å²) in [7, 11) is -3.34. The Morgan fingerprint density at radius 1 is 1.31 bits per heavy atom. The largest absolute Gasteiger partial charge is 0.256 e. The van der Waals surface area contributed by atoms with E-state index in [-0.39, 0.29) is 5.92 Å². The van der Waals surface area contributed by atoms with E-state index in [9.17, 15) is 8.42 Å². The summed E-state index contributed by atoms with van der Waals surface area (Å²) in [5, 5.41) is -0.0434. The number of hydrogen-bond donors (Lipinski definition) is 2. The van der Waals surface area contributed by atoms with E-state index >= 15 is 0 Å². The number of hydrazine groups is 1. The van der Waals surface area contributed by atoms with Crippen LogP contribution in [0.5, 0.6) is 0 Å². The molecule has 16 heavy (non-hydrogen) atoms. The predicted molar refractivity (Wildman–Crippen MR) is 62.7 cm³/mol. The maximum absolute atomic E-state index is 12.2. The van der Waals surface area contributed by atoms with Gasteiger partial charge in [-0.1, -0.05) is 18.5 Å². The number of benzene rings is 1. The summed E-state index contributed by atoms with van der Waals surface area (Å²) in [5.74, 6) is 0.0423. The molecule has 0 spiro atoms. The molecule has 1 saturated heterocycles. The van der Waals surface area contributed by atoms with E-state index in [1.807, 2.05) is 6.92 Å². The van der Waals surface area contributed by atoms with Crippen LogP contribution >= 0.6 is 11.6 Å². The van der Waals surface area contributed by atoms with Crippen LogP contribution in [0, 0.1) is 5.92 Å². The van der Waals surface area contributed by atoms with Gasteiger partial charge in [-0.3, -0.25) is 5.43 Å². The third kappa shape index (κ3) is 2.08. The number of sulfone groups is 1. The van der Waals surface area contributed by atoms with Crippen LogP contribution in [-0.4, -0.2) is 20.3 Å². The van der Waals surface area contributed by atoms with Crippen molar-refractivity contribution in [3.8, 4) is 0 Å². The fraction of sp³-hybridized carbons (Fsp3) is 0.400. The molecule has 1 aromatic rings. The summed E-state index contributed by atoms with van der Waals surface area (Å²) in [4.78, 5) is 0.296. The molecular formula is C10H13ClN2O2S. The Morgan fingerprint density at radius 3 is 2.44 bits per heavy atom. The van der Waals surface area contributed by atoms with Gasteiger partial charge in [0.1, 0.15) is 5.37 Å². The summed E-state index contributed by atoms with van der Waals surface area (Å²) >= 11 is 5.73. The van der Waals surface area contributed by atoms with Gasteiger partial charge >= 0.3 is 0 Å². The molecule has 2 N–H and O–H groups in total. The van der Waals surface area contributed by atoms with Crippen LogP contribution in [0.4, 0.5) is 0 Å². The quantitative estimate of drug-likeness (QED) is 0.839. The highest BCUT2D eigenvalue weighted by atomic mass is 35.5. The molecular weight excluding hydrogens is 248 g/mol. The highest BCUT2D eigenvalue weighted by Crippen LogP contribution is 2.22. The lowest BCUT2D eigenvalue weighted by atomic mass is 10.2. The number of halogens is 1. The van der Waals surface area contributed by atoms with Crippen molar-refractivity contribution in [3.05, 3.63) is 29.3 Å². The molecule has 1 heterocycles. The summed E-state index contributed by atoms with van der Waals surface area (Å²) in [6.45, 7) is 2.54. The molecule has 0 aliphatic carbocycles. The molecule has 0 amide bonds. The van der Waals surface area contributed by atoms with Gasteiger partial charge in [0, 0.05) is 17.5 Å². The number of nitrogens with one attached hydrogen (secondary N) is 2. The Kier molecular flexibility index (Phi) is 3.21. The Balaban J connectivity index is 2.35. The highest BCUT2D eigenvalue weighted by Gasteiger charge is 2.35. The summed E-state index contributed by atoms with van der Waals surface area (Å²) < 4.78 is 24.4. The SMILES string of the molecule is CC1CNNC1S(=O)(=O)c1ccc(Cl)cc1. The van der Waals surface area contributed by atoms with Crippen molar-refractivity contribution in [1.29, 1.82) is 0 Å². The van der Waals surface area contributed by atoms with Gasteiger partial charge in [0.05, 0.1) is 4.90 Å². The van der Waals surface area contributed by atoms with Crippen LogP contribution in [0.1, 0.15) is 6.92 Å². The van der Waals surface area contributed by atoms with Crippen molar-refractivity contribution in [3.63, 3.8) is 0 Å². The molecule has 0 radical (unpaired) electrons. The van der Waals surface area contributed by atoms with Crippen LogP contribution < -0.4 is 10.9 Å². The average Bonchev–Trinajstić information content (AvgIpc) is 2.66. The van der Waals surface area contributed by atoms with Crippen LogP contribution in [-0.2, 0) is 9.84 Å². The minimum atomic E-state index is -3.34. The van der Waals surface area contributed by atoms with E-state index in [1.165, 1.54) is 12.1 Å². The Morgan fingerprint density at radius 2 is 1.94 bits per heavy atom. The topological polar surface area (TPSA) is 58.2 Å². The molecule has 0 saturated carbocycles. The smallest absolute Gasteiger partial charge is 0.195 e. The first-order valence-corrected chi connectivity index (χ1v) is 6.92. The summed E-state index contributed by atoms with van der Waals surface area (Å²) in [5.41, 5.74) is 5.64. The minimum absolute atomic E-state index is 0.0423. The number of rotatable bonds is 2. The molecule has 6 heteroatoms.